The number of hydrogen-bond acceptors (Lipinski definition) is 5. The third-order valence-electron chi connectivity index (χ3n) is 4.97. The molecule has 0 atom stereocenters. The number of ether oxygens (including phenoxy) is 2. The van der Waals surface area contributed by atoms with Crippen LogP contribution in [-0.4, -0.2) is 34.9 Å². The Kier molecular flexibility index (Phi) is 6.28. The highest BCUT2D eigenvalue weighted by atomic mass is 35.5. The van der Waals surface area contributed by atoms with Gasteiger partial charge in [-0.2, -0.15) is 0 Å². The van der Waals surface area contributed by atoms with Crippen LogP contribution in [0.4, 0.5) is 10.1 Å². The van der Waals surface area contributed by atoms with Crippen molar-refractivity contribution in [2.24, 2.45) is 0 Å². The lowest BCUT2D eigenvalue weighted by molar-refractivity contribution is 0.101. The fourth-order valence-corrected chi connectivity index (χ4v) is 3.43. The Morgan fingerprint density at radius 3 is 2.48 bits per heavy atom. The van der Waals surface area contributed by atoms with E-state index in [1.165, 1.54) is 31.0 Å². The molecule has 4 aromatic rings. The van der Waals surface area contributed by atoms with Crippen molar-refractivity contribution in [2.75, 3.05) is 19.5 Å². The van der Waals surface area contributed by atoms with Gasteiger partial charge in [0.15, 0.2) is 5.82 Å². The highest BCUT2D eigenvalue weighted by molar-refractivity contribution is 6.30. The molecule has 0 bridgehead atoms. The van der Waals surface area contributed by atoms with E-state index in [1.54, 1.807) is 42.5 Å². The number of aryl methyl sites for hydroxylation is 1. The maximum Gasteiger partial charge on any atom is 0.295 e. The number of hydrogen-bond donors (Lipinski definition) is 1. The fourth-order valence-electron chi connectivity index (χ4n) is 3.26. The van der Waals surface area contributed by atoms with E-state index in [2.05, 4.69) is 15.4 Å². The minimum Gasteiger partial charge on any atom is -0.497 e. The van der Waals surface area contributed by atoms with Gasteiger partial charge in [-0.05, 0) is 61.0 Å². The molecular formula is C24H20ClFN4O3. The lowest BCUT2D eigenvalue weighted by atomic mass is 10.1. The first-order valence-electron chi connectivity index (χ1n) is 9.92. The monoisotopic (exact) mass is 466 g/mol. The van der Waals surface area contributed by atoms with Gasteiger partial charge in [-0.15, -0.1) is 5.10 Å². The van der Waals surface area contributed by atoms with Gasteiger partial charge in [0.2, 0.25) is 5.82 Å². The summed E-state index contributed by atoms with van der Waals surface area (Å²) in [7, 11) is 3.03. The van der Waals surface area contributed by atoms with Gasteiger partial charge in [0, 0.05) is 16.7 Å². The minimum atomic E-state index is -0.552. The molecule has 0 fully saturated rings. The first kappa shape index (κ1) is 22.3. The van der Waals surface area contributed by atoms with Crippen LogP contribution in [0.1, 0.15) is 16.2 Å². The molecule has 7 nitrogen and oxygen atoms in total. The van der Waals surface area contributed by atoms with E-state index >= 15 is 0 Å². The van der Waals surface area contributed by atoms with Crippen molar-refractivity contribution in [3.63, 3.8) is 0 Å². The molecule has 0 radical (unpaired) electrons. The zero-order chi connectivity index (χ0) is 23.5. The van der Waals surface area contributed by atoms with Crippen LogP contribution >= 0.6 is 11.6 Å². The molecule has 1 aromatic heterocycles. The number of halogens is 2. The third kappa shape index (κ3) is 4.65. The summed E-state index contributed by atoms with van der Waals surface area (Å²) < 4.78 is 25.6. The van der Waals surface area contributed by atoms with Crippen LogP contribution in [0.3, 0.4) is 0 Å². The van der Waals surface area contributed by atoms with Crippen molar-refractivity contribution in [1.29, 1.82) is 0 Å². The fraction of sp³-hybridized carbons (Fsp3) is 0.125. The number of rotatable bonds is 6. The van der Waals surface area contributed by atoms with Gasteiger partial charge in [-0.25, -0.2) is 14.1 Å². The van der Waals surface area contributed by atoms with E-state index in [9.17, 15) is 9.18 Å². The van der Waals surface area contributed by atoms with Gasteiger partial charge in [-0.1, -0.05) is 17.7 Å². The number of benzene rings is 3. The molecule has 1 amide bonds. The van der Waals surface area contributed by atoms with Gasteiger partial charge in [0.05, 0.1) is 25.6 Å². The first-order valence-corrected chi connectivity index (χ1v) is 10.3. The SMILES string of the molecule is COc1ccc(OC)c(NC(=O)c2nc(-c3ccc(F)cc3)n(-c3cc(Cl)ccc3C)n2)c1. The zero-order valence-corrected chi connectivity index (χ0v) is 18.9. The Bertz CT molecular complexity index is 1320. The molecule has 33 heavy (non-hydrogen) atoms. The van der Waals surface area contributed by atoms with Crippen molar-refractivity contribution in [2.45, 2.75) is 6.92 Å². The maximum absolute atomic E-state index is 13.5. The number of aromatic nitrogens is 3. The molecule has 0 unspecified atom stereocenters. The van der Waals surface area contributed by atoms with E-state index in [0.717, 1.165) is 5.56 Å². The lowest BCUT2D eigenvalue weighted by Crippen LogP contribution is -2.15. The molecule has 168 valence electrons. The topological polar surface area (TPSA) is 78.3 Å². The molecule has 0 aliphatic carbocycles. The van der Waals surface area contributed by atoms with Crippen molar-refractivity contribution in [1.82, 2.24) is 14.8 Å². The number of carbonyl (C=O) groups is 1. The Balaban J connectivity index is 1.79. The second-order valence-electron chi connectivity index (χ2n) is 7.13. The number of carbonyl (C=O) groups excluding carboxylic acids is 1. The molecule has 1 N–H and O–H groups in total. The van der Waals surface area contributed by atoms with Crippen LogP contribution in [0.2, 0.25) is 5.02 Å². The van der Waals surface area contributed by atoms with Crippen LogP contribution in [-0.2, 0) is 0 Å². The molecule has 9 heteroatoms. The van der Waals surface area contributed by atoms with E-state index in [4.69, 9.17) is 21.1 Å². The summed E-state index contributed by atoms with van der Waals surface area (Å²) in [5, 5.41) is 7.71. The Hall–Kier alpha value is -3.91. The van der Waals surface area contributed by atoms with E-state index in [0.29, 0.717) is 39.3 Å². The van der Waals surface area contributed by atoms with Crippen LogP contribution in [0.15, 0.2) is 60.7 Å². The Morgan fingerprint density at radius 2 is 1.79 bits per heavy atom. The predicted octanol–water partition coefficient (Wildman–Crippen LogP) is 5.30. The van der Waals surface area contributed by atoms with E-state index < -0.39 is 5.91 Å². The molecule has 0 aliphatic heterocycles. The van der Waals surface area contributed by atoms with E-state index in [-0.39, 0.29) is 11.6 Å². The van der Waals surface area contributed by atoms with Crippen molar-refractivity contribution >= 4 is 23.2 Å². The summed E-state index contributed by atoms with van der Waals surface area (Å²) in [5.74, 6) is 0.344. The average molecular weight is 467 g/mol. The van der Waals surface area contributed by atoms with Gasteiger partial charge in [0.1, 0.15) is 17.3 Å². The van der Waals surface area contributed by atoms with Crippen LogP contribution in [0.25, 0.3) is 17.1 Å². The van der Waals surface area contributed by atoms with Gasteiger partial charge >= 0.3 is 0 Å². The Morgan fingerprint density at radius 1 is 1.03 bits per heavy atom. The molecule has 0 saturated carbocycles. The second-order valence-corrected chi connectivity index (χ2v) is 7.57. The molecule has 1 heterocycles. The summed E-state index contributed by atoms with van der Waals surface area (Å²) in [6.07, 6.45) is 0. The number of nitrogens with one attached hydrogen (secondary N) is 1. The average Bonchev–Trinajstić information content (AvgIpc) is 3.26. The molecule has 0 aliphatic rings. The quantitative estimate of drug-likeness (QED) is 0.417. The highest BCUT2D eigenvalue weighted by Gasteiger charge is 2.21. The second kappa shape index (κ2) is 9.30. The van der Waals surface area contributed by atoms with Crippen LogP contribution in [0, 0.1) is 12.7 Å². The number of nitrogens with zero attached hydrogens (tertiary/aromatic N) is 3. The summed E-state index contributed by atoms with van der Waals surface area (Å²) in [4.78, 5) is 17.5. The van der Waals surface area contributed by atoms with Crippen molar-refractivity contribution < 1.29 is 18.7 Å². The smallest absolute Gasteiger partial charge is 0.295 e. The summed E-state index contributed by atoms with van der Waals surface area (Å²) >= 11 is 6.21. The maximum atomic E-state index is 13.5. The number of methoxy groups -OCH3 is 2. The van der Waals surface area contributed by atoms with Crippen molar-refractivity contribution in [3.05, 3.63) is 82.9 Å². The molecule has 3 aromatic carbocycles. The zero-order valence-electron chi connectivity index (χ0n) is 18.1. The normalized spacial score (nSPS) is 10.7. The minimum absolute atomic E-state index is 0.0847. The predicted molar refractivity (Wildman–Crippen MR) is 124 cm³/mol. The van der Waals surface area contributed by atoms with Gasteiger partial charge < -0.3 is 14.8 Å². The van der Waals surface area contributed by atoms with Crippen LogP contribution < -0.4 is 14.8 Å². The molecular weight excluding hydrogens is 447 g/mol. The standard InChI is InChI=1S/C24H20ClFN4O3/c1-14-4-7-16(25)12-20(14)30-23(15-5-8-17(26)9-6-15)28-22(29-30)24(31)27-19-13-18(32-2)10-11-21(19)33-3/h4-13H,1-3H3,(H,27,31). The number of amides is 1. The first-order chi connectivity index (χ1) is 15.9. The number of anilines is 1. The molecule has 0 saturated heterocycles. The van der Waals surface area contributed by atoms with E-state index in [1.807, 2.05) is 13.0 Å². The van der Waals surface area contributed by atoms with Crippen molar-refractivity contribution in [3.8, 4) is 28.6 Å². The summed E-state index contributed by atoms with van der Waals surface area (Å²) in [5.41, 5.74) is 2.50. The third-order valence-corrected chi connectivity index (χ3v) is 5.20. The largest absolute Gasteiger partial charge is 0.497 e. The van der Waals surface area contributed by atoms with Gasteiger partial charge in [-0.3, -0.25) is 4.79 Å². The Labute approximate surface area is 194 Å². The molecule has 4 rings (SSSR count). The van der Waals surface area contributed by atoms with Crippen LogP contribution in [0.5, 0.6) is 11.5 Å². The summed E-state index contributed by atoms with van der Waals surface area (Å²) in [6, 6.07) is 16.1. The summed E-state index contributed by atoms with van der Waals surface area (Å²) in [6.45, 7) is 1.89. The highest BCUT2D eigenvalue weighted by Crippen LogP contribution is 2.30. The lowest BCUT2D eigenvalue weighted by Gasteiger charge is -2.10. The molecule has 0 spiro atoms. The van der Waals surface area contributed by atoms with Gasteiger partial charge in [0.25, 0.3) is 5.91 Å².